The molecule has 0 unspecified atom stereocenters. The standard InChI is InChI=1S/C19H19N3O2S/c1-13-6-8-14(9-7-13)16-21-22-18(24-16)20-17(23)19(10-2-3-11-19)15-5-4-12-25-15/h4-9,12H,2-3,10-11H2,1H3,(H,20,22,23). The van der Waals surface area contributed by atoms with Crippen LogP contribution < -0.4 is 5.32 Å². The van der Waals surface area contributed by atoms with E-state index >= 15 is 0 Å². The number of thiophene rings is 1. The van der Waals surface area contributed by atoms with Crippen molar-refractivity contribution in [2.45, 2.75) is 38.0 Å². The molecule has 2 heterocycles. The van der Waals surface area contributed by atoms with Gasteiger partial charge in [0.15, 0.2) is 0 Å². The van der Waals surface area contributed by atoms with Gasteiger partial charge in [-0.1, -0.05) is 41.7 Å². The molecule has 6 heteroatoms. The number of rotatable bonds is 4. The van der Waals surface area contributed by atoms with Gasteiger partial charge in [-0.15, -0.1) is 16.4 Å². The Kier molecular flexibility index (Phi) is 4.13. The molecule has 0 spiro atoms. The summed E-state index contributed by atoms with van der Waals surface area (Å²) >= 11 is 1.63. The van der Waals surface area contributed by atoms with Gasteiger partial charge in [-0.2, -0.15) is 0 Å². The molecule has 5 nitrogen and oxygen atoms in total. The molecule has 0 atom stereocenters. The normalized spacial score (nSPS) is 16.0. The molecule has 1 N–H and O–H groups in total. The Morgan fingerprint density at radius 1 is 1.16 bits per heavy atom. The number of hydrogen-bond donors (Lipinski definition) is 1. The minimum atomic E-state index is -0.466. The molecule has 1 aliphatic carbocycles. The van der Waals surface area contributed by atoms with Gasteiger partial charge in [-0.25, -0.2) is 0 Å². The number of carbonyl (C=O) groups is 1. The third-order valence-electron chi connectivity index (χ3n) is 4.83. The monoisotopic (exact) mass is 353 g/mol. The average Bonchev–Trinajstić information content (AvgIpc) is 3.37. The first-order chi connectivity index (χ1) is 12.2. The van der Waals surface area contributed by atoms with Crippen molar-refractivity contribution in [2.24, 2.45) is 0 Å². The Labute approximate surface area is 150 Å². The van der Waals surface area contributed by atoms with Crippen LogP contribution in [-0.2, 0) is 10.2 Å². The molecule has 1 aromatic carbocycles. The minimum Gasteiger partial charge on any atom is -0.403 e. The number of nitrogens with one attached hydrogen (secondary N) is 1. The smallest absolute Gasteiger partial charge is 0.322 e. The van der Waals surface area contributed by atoms with Crippen molar-refractivity contribution in [1.29, 1.82) is 0 Å². The first kappa shape index (κ1) is 16.0. The lowest BCUT2D eigenvalue weighted by molar-refractivity contribution is -0.121. The van der Waals surface area contributed by atoms with Gasteiger partial charge in [0.25, 0.3) is 0 Å². The summed E-state index contributed by atoms with van der Waals surface area (Å²) in [5.74, 6) is 0.360. The lowest BCUT2D eigenvalue weighted by Crippen LogP contribution is -2.37. The number of aromatic nitrogens is 2. The van der Waals surface area contributed by atoms with E-state index in [1.807, 2.05) is 48.7 Å². The topological polar surface area (TPSA) is 68.0 Å². The van der Waals surface area contributed by atoms with Gasteiger partial charge in [0.1, 0.15) is 0 Å². The Balaban J connectivity index is 1.56. The fourth-order valence-corrected chi connectivity index (χ4v) is 4.40. The van der Waals surface area contributed by atoms with Crippen LogP contribution in [0.25, 0.3) is 11.5 Å². The maximum Gasteiger partial charge on any atom is 0.322 e. The minimum absolute atomic E-state index is 0.0495. The Bertz CT molecular complexity index is 862. The highest BCUT2D eigenvalue weighted by Crippen LogP contribution is 2.43. The second-order valence-electron chi connectivity index (χ2n) is 6.50. The molecule has 0 saturated heterocycles. The van der Waals surface area contributed by atoms with E-state index in [1.54, 1.807) is 11.3 Å². The van der Waals surface area contributed by atoms with E-state index in [2.05, 4.69) is 15.5 Å². The molecule has 4 rings (SSSR count). The van der Waals surface area contributed by atoms with Gasteiger partial charge in [0.2, 0.25) is 11.8 Å². The van der Waals surface area contributed by atoms with Crippen LogP contribution in [0.2, 0.25) is 0 Å². The van der Waals surface area contributed by atoms with Crippen molar-refractivity contribution >= 4 is 23.3 Å². The van der Waals surface area contributed by atoms with E-state index < -0.39 is 5.41 Å². The quantitative estimate of drug-likeness (QED) is 0.747. The van der Waals surface area contributed by atoms with Crippen LogP contribution in [0.1, 0.15) is 36.1 Å². The first-order valence-electron chi connectivity index (χ1n) is 8.43. The lowest BCUT2D eigenvalue weighted by atomic mass is 9.83. The van der Waals surface area contributed by atoms with Gasteiger partial charge in [0, 0.05) is 10.4 Å². The second-order valence-corrected chi connectivity index (χ2v) is 7.45. The molecule has 2 aromatic heterocycles. The van der Waals surface area contributed by atoms with Gasteiger partial charge in [-0.3, -0.25) is 10.1 Å². The van der Waals surface area contributed by atoms with E-state index in [1.165, 1.54) is 0 Å². The predicted molar refractivity (Wildman–Crippen MR) is 97.6 cm³/mol. The zero-order valence-corrected chi connectivity index (χ0v) is 14.8. The van der Waals surface area contributed by atoms with Gasteiger partial charge < -0.3 is 4.42 Å². The van der Waals surface area contributed by atoms with Gasteiger partial charge in [0.05, 0.1) is 5.41 Å². The summed E-state index contributed by atoms with van der Waals surface area (Å²) in [6, 6.07) is 12.0. The van der Waals surface area contributed by atoms with Crippen LogP contribution in [0.4, 0.5) is 6.01 Å². The highest BCUT2D eigenvalue weighted by molar-refractivity contribution is 7.10. The van der Waals surface area contributed by atoms with E-state index in [0.717, 1.165) is 41.7 Å². The zero-order chi connectivity index (χ0) is 17.3. The molecule has 0 aliphatic heterocycles. The third-order valence-corrected chi connectivity index (χ3v) is 5.90. The zero-order valence-electron chi connectivity index (χ0n) is 14.0. The van der Waals surface area contributed by atoms with Gasteiger partial charge in [-0.05, 0) is 43.3 Å². The number of hydrogen-bond acceptors (Lipinski definition) is 5. The molecule has 1 fully saturated rings. The summed E-state index contributed by atoms with van der Waals surface area (Å²) in [6.45, 7) is 2.02. The van der Waals surface area contributed by atoms with Crippen LogP contribution in [0.5, 0.6) is 0 Å². The Morgan fingerprint density at radius 2 is 1.92 bits per heavy atom. The molecule has 0 bridgehead atoms. The van der Waals surface area contributed by atoms with Crippen LogP contribution in [0, 0.1) is 6.92 Å². The van der Waals surface area contributed by atoms with Crippen molar-refractivity contribution in [1.82, 2.24) is 10.2 Å². The lowest BCUT2D eigenvalue weighted by Gasteiger charge is -2.25. The summed E-state index contributed by atoms with van der Waals surface area (Å²) in [5, 5.41) is 12.9. The molecular weight excluding hydrogens is 334 g/mol. The number of carbonyl (C=O) groups excluding carboxylic acids is 1. The molecule has 0 radical (unpaired) electrons. The SMILES string of the molecule is Cc1ccc(-c2nnc(NC(=O)C3(c4cccs4)CCCC3)o2)cc1. The fourth-order valence-electron chi connectivity index (χ4n) is 3.42. The van der Waals surface area contributed by atoms with E-state index in [4.69, 9.17) is 4.42 Å². The Hall–Kier alpha value is -2.47. The predicted octanol–water partition coefficient (Wildman–Crippen LogP) is 4.56. The molecular formula is C19H19N3O2S. The molecule has 3 aromatic rings. The van der Waals surface area contributed by atoms with Crippen LogP contribution in [0.15, 0.2) is 46.2 Å². The van der Waals surface area contributed by atoms with Crippen LogP contribution in [-0.4, -0.2) is 16.1 Å². The molecule has 1 amide bonds. The largest absolute Gasteiger partial charge is 0.403 e. The van der Waals surface area contributed by atoms with E-state index in [9.17, 15) is 4.79 Å². The van der Waals surface area contributed by atoms with Crippen LogP contribution in [0.3, 0.4) is 0 Å². The van der Waals surface area contributed by atoms with Crippen LogP contribution >= 0.6 is 11.3 Å². The third kappa shape index (κ3) is 2.98. The summed E-state index contributed by atoms with van der Waals surface area (Å²) in [4.78, 5) is 14.1. The summed E-state index contributed by atoms with van der Waals surface area (Å²) in [6.07, 6.45) is 3.84. The summed E-state index contributed by atoms with van der Waals surface area (Å²) in [7, 11) is 0. The van der Waals surface area contributed by atoms with E-state index in [-0.39, 0.29) is 11.9 Å². The highest BCUT2D eigenvalue weighted by atomic mass is 32.1. The summed E-state index contributed by atoms with van der Waals surface area (Å²) < 4.78 is 5.65. The number of amides is 1. The molecule has 25 heavy (non-hydrogen) atoms. The number of nitrogens with zero attached hydrogens (tertiary/aromatic N) is 2. The summed E-state index contributed by atoms with van der Waals surface area (Å²) in [5.41, 5.74) is 1.54. The van der Waals surface area contributed by atoms with Gasteiger partial charge >= 0.3 is 6.01 Å². The maximum atomic E-state index is 13.0. The number of benzene rings is 1. The second kappa shape index (κ2) is 6.44. The average molecular weight is 353 g/mol. The molecule has 1 aliphatic rings. The number of aryl methyl sites for hydroxylation is 1. The van der Waals surface area contributed by atoms with Crippen molar-refractivity contribution in [3.63, 3.8) is 0 Å². The molecule has 128 valence electrons. The first-order valence-corrected chi connectivity index (χ1v) is 9.31. The fraction of sp³-hybridized carbons (Fsp3) is 0.316. The van der Waals surface area contributed by atoms with Crippen molar-refractivity contribution in [3.8, 4) is 11.5 Å². The van der Waals surface area contributed by atoms with Crippen molar-refractivity contribution in [3.05, 3.63) is 52.2 Å². The van der Waals surface area contributed by atoms with E-state index in [0.29, 0.717) is 5.89 Å². The maximum absolute atomic E-state index is 13.0. The highest BCUT2D eigenvalue weighted by Gasteiger charge is 2.44. The molecule has 1 saturated carbocycles. The number of anilines is 1. The van der Waals surface area contributed by atoms with Crippen molar-refractivity contribution < 1.29 is 9.21 Å². The van der Waals surface area contributed by atoms with Crippen molar-refractivity contribution in [2.75, 3.05) is 5.32 Å². The Morgan fingerprint density at radius 3 is 2.60 bits per heavy atom.